The van der Waals surface area contributed by atoms with Gasteiger partial charge in [0.1, 0.15) is 17.3 Å². The molecule has 6 nitrogen and oxygen atoms in total. The van der Waals surface area contributed by atoms with Crippen LogP contribution in [-0.4, -0.2) is 24.4 Å². The fraction of sp³-hybridized carbons (Fsp3) is 0.286. The van der Waals surface area contributed by atoms with Gasteiger partial charge in [-0.3, -0.25) is 4.79 Å². The lowest BCUT2D eigenvalue weighted by atomic mass is 10.1. The third-order valence-corrected chi connectivity index (χ3v) is 2.75. The standard InChI is InChI=1S/C14H13F3N2O4/c1-8-18-6-10(22-8)7-19-13(20)11-5-9(21-2)3-4-12(11)23-14(15,16)17/h3-6H,7H2,1-2H3,(H,19,20). The normalized spacial score (nSPS) is 11.2. The van der Waals surface area contributed by atoms with Crippen LogP contribution in [0, 0.1) is 6.92 Å². The molecule has 0 aliphatic carbocycles. The molecule has 9 heteroatoms. The predicted octanol–water partition coefficient (Wildman–Crippen LogP) is 2.82. The molecule has 1 N–H and O–H groups in total. The van der Waals surface area contributed by atoms with Crippen molar-refractivity contribution in [3.8, 4) is 11.5 Å². The monoisotopic (exact) mass is 330 g/mol. The Morgan fingerprint density at radius 2 is 2.13 bits per heavy atom. The van der Waals surface area contributed by atoms with E-state index in [2.05, 4.69) is 15.0 Å². The summed E-state index contributed by atoms with van der Waals surface area (Å²) in [4.78, 5) is 16.0. The first-order valence-electron chi connectivity index (χ1n) is 6.42. The predicted molar refractivity (Wildman–Crippen MR) is 72.1 cm³/mol. The molecular weight excluding hydrogens is 317 g/mol. The van der Waals surface area contributed by atoms with Gasteiger partial charge < -0.3 is 19.2 Å². The van der Waals surface area contributed by atoms with Crippen LogP contribution < -0.4 is 14.8 Å². The first-order chi connectivity index (χ1) is 10.8. The molecule has 0 aliphatic rings. The molecule has 1 heterocycles. The van der Waals surface area contributed by atoms with E-state index in [0.717, 1.165) is 12.1 Å². The number of carbonyl (C=O) groups is 1. The molecule has 0 bridgehead atoms. The fourth-order valence-corrected chi connectivity index (χ4v) is 1.78. The van der Waals surface area contributed by atoms with Crippen molar-refractivity contribution in [3.63, 3.8) is 0 Å². The van der Waals surface area contributed by atoms with Crippen LogP contribution in [0.25, 0.3) is 0 Å². The summed E-state index contributed by atoms with van der Waals surface area (Å²) in [5, 5.41) is 2.43. The van der Waals surface area contributed by atoms with Crippen LogP contribution in [0.15, 0.2) is 28.8 Å². The summed E-state index contributed by atoms with van der Waals surface area (Å²) >= 11 is 0. The van der Waals surface area contributed by atoms with Gasteiger partial charge in [0.25, 0.3) is 5.91 Å². The number of methoxy groups -OCH3 is 1. The van der Waals surface area contributed by atoms with Crippen molar-refractivity contribution in [1.82, 2.24) is 10.3 Å². The highest BCUT2D eigenvalue weighted by atomic mass is 19.4. The Labute approximate surface area is 129 Å². The van der Waals surface area contributed by atoms with E-state index in [-0.39, 0.29) is 17.9 Å². The third kappa shape index (κ3) is 4.63. The summed E-state index contributed by atoms with van der Waals surface area (Å²) in [5.74, 6) is -0.379. The number of alkyl halides is 3. The number of amides is 1. The Morgan fingerprint density at radius 3 is 2.70 bits per heavy atom. The second-order valence-corrected chi connectivity index (χ2v) is 4.44. The molecule has 0 fully saturated rings. The lowest BCUT2D eigenvalue weighted by Crippen LogP contribution is -2.25. The average Bonchev–Trinajstić information content (AvgIpc) is 2.89. The van der Waals surface area contributed by atoms with E-state index in [1.807, 2.05) is 0 Å². The van der Waals surface area contributed by atoms with E-state index in [1.165, 1.54) is 19.4 Å². The number of ether oxygens (including phenoxy) is 2. The minimum Gasteiger partial charge on any atom is -0.497 e. The number of carbonyl (C=O) groups excluding carboxylic acids is 1. The second kappa shape index (κ2) is 6.59. The minimum absolute atomic E-state index is 0.0255. The number of oxazole rings is 1. The third-order valence-electron chi connectivity index (χ3n) is 2.75. The van der Waals surface area contributed by atoms with Gasteiger partial charge in [-0.25, -0.2) is 4.98 Å². The molecule has 0 spiro atoms. The summed E-state index contributed by atoms with van der Waals surface area (Å²) in [6.45, 7) is 1.60. The molecule has 0 unspecified atom stereocenters. The topological polar surface area (TPSA) is 73.6 Å². The van der Waals surface area contributed by atoms with Crippen LogP contribution in [0.4, 0.5) is 13.2 Å². The fourth-order valence-electron chi connectivity index (χ4n) is 1.78. The zero-order chi connectivity index (χ0) is 17.0. The van der Waals surface area contributed by atoms with Crippen LogP contribution in [0.3, 0.4) is 0 Å². The maximum atomic E-state index is 12.4. The number of hydrogen-bond donors (Lipinski definition) is 1. The number of benzene rings is 1. The molecule has 1 aromatic carbocycles. The summed E-state index contributed by atoms with van der Waals surface area (Å²) in [7, 11) is 1.33. The maximum absolute atomic E-state index is 12.4. The van der Waals surface area contributed by atoms with Gasteiger partial charge in [0, 0.05) is 6.92 Å². The van der Waals surface area contributed by atoms with Gasteiger partial charge in [-0.15, -0.1) is 13.2 Å². The van der Waals surface area contributed by atoms with Gasteiger partial charge in [-0.2, -0.15) is 0 Å². The molecule has 23 heavy (non-hydrogen) atoms. The molecule has 0 aliphatic heterocycles. The molecule has 2 aromatic rings. The first-order valence-corrected chi connectivity index (χ1v) is 6.42. The van der Waals surface area contributed by atoms with Crippen molar-refractivity contribution in [1.29, 1.82) is 0 Å². The van der Waals surface area contributed by atoms with Gasteiger partial charge in [0.2, 0.25) is 0 Å². The van der Waals surface area contributed by atoms with E-state index in [9.17, 15) is 18.0 Å². The summed E-state index contributed by atoms with van der Waals surface area (Å²) in [6, 6.07) is 3.43. The summed E-state index contributed by atoms with van der Waals surface area (Å²) in [6.07, 6.45) is -3.50. The van der Waals surface area contributed by atoms with E-state index >= 15 is 0 Å². The number of nitrogens with zero attached hydrogens (tertiary/aromatic N) is 1. The molecule has 124 valence electrons. The second-order valence-electron chi connectivity index (χ2n) is 4.44. The van der Waals surface area contributed by atoms with Crippen LogP contribution in [0.1, 0.15) is 22.0 Å². The number of halogens is 3. The largest absolute Gasteiger partial charge is 0.573 e. The number of aryl methyl sites for hydroxylation is 1. The SMILES string of the molecule is COc1ccc(OC(F)(F)F)c(C(=O)NCc2cnc(C)o2)c1. The van der Waals surface area contributed by atoms with Crippen molar-refractivity contribution < 1.29 is 31.9 Å². The highest BCUT2D eigenvalue weighted by Gasteiger charge is 2.33. The first kappa shape index (κ1) is 16.7. The number of hydrogen-bond acceptors (Lipinski definition) is 5. The Hall–Kier alpha value is -2.71. The average molecular weight is 330 g/mol. The molecule has 0 radical (unpaired) electrons. The molecule has 0 saturated heterocycles. The summed E-state index contributed by atoms with van der Waals surface area (Å²) in [5.41, 5.74) is -0.307. The van der Waals surface area contributed by atoms with Gasteiger partial charge in [0.05, 0.1) is 25.4 Å². The zero-order valence-electron chi connectivity index (χ0n) is 12.2. The van der Waals surface area contributed by atoms with Crippen molar-refractivity contribution in [2.24, 2.45) is 0 Å². The Bertz CT molecular complexity index is 698. The summed E-state index contributed by atoms with van der Waals surface area (Å²) < 4.78 is 51.2. The molecule has 0 saturated carbocycles. The molecular formula is C14H13F3N2O4. The van der Waals surface area contributed by atoms with Gasteiger partial charge in [-0.05, 0) is 18.2 Å². The van der Waals surface area contributed by atoms with Crippen LogP contribution in [0.2, 0.25) is 0 Å². The lowest BCUT2D eigenvalue weighted by molar-refractivity contribution is -0.274. The minimum atomic E-state index is -4.91. The van der Waals surface area contributed by atoms with Crippen molar-refractivity contribution in [2.75, 3.05) is 7.11 Å². The van der Waals surface area contributed by atoms with Crippen LogP contribution in [-0.2, 0) is 6.54 Å². The van der Waals surface area contributed by atoms with Crippen LogP contribution >= 0.6 is 0 Å². The highest BCUT2D eigenvalue weighted by Crippen LogP contribution is 2.29. The zero-order valence-corrected chi connectivity index (χ0v) is 12.2. The van der Waals surface area contributed by atoms with Gasteiger partial charge >= 0.3 is 6.36 Å². The Morgan fingerprint density at radius 1 is 1.39 bits per heavy atom. The van der Waals surface area contributed by atoms with Gasteiger partial charge in [0.15, 0.2) is 5.89 Å². The van der Waals surface area contributed by atoms with E-state index in [4.69, 9.17) is 9.15 Å². The van der Waals surface area contributed by atoms with Crippen molar-refractivity contribution in [3.05, 3.63) is 41.6 Å². The molecule has 0 atom stereocenters. The number of rotatable bonds is 5. The Balaban J connectivity index is 2.19. The maximum Gasteiger partial charge on any atom is 0.573 e. The molecule has 1 amide bonds. The molecule has 2 rings (SSSR count). The van der Waals surface area contributed by atoms with E-state index in [0.29, 0.717) is 11.7 Å². The van der Waals surface area contributed by atoms with Gasteiger partial charge in [-0.1, -0.05) is 0 Å². The quantitative estimate of drug-likeness (QED) is 0.912. The van der Waals surface area contributed by atoms with E-state index < -0.39 is 18.0 Å². The number of nitrogens with one attached hydrogen (secondary N) is 1. The number of aromatic nitrogens is 1. The highest BCUT2D eigenvalue weighted by molar-refractivity contribution is 5.97. The Kier molecular flexibility index (Phi) is 4.77. The van der Waals surface area contributed by atoms with Crippen molar-refractivity contribution in [2.45, 2.75) is 19.8 Å². The smallest absolute Gasteiger partial charge is 0.497 e. The van der Waals surface area contributed by atoms with Crippen LogP contribution in [0.5, 0.6) is 11.5 Å². The lowest BCUT2D eigenvalue weighted by Gasteiger charge is -2.14. The van der Waals surface area contributed by atoms with Crippen molar-refractivity contribution >= 4 is 5.91 Å². The van der Waals surface area contributed by atoms with E-state index in [1.54, 1.807) is 6.92 Å². The molecule has 1 aromatic heterocycles.